The number of hydrogen-bond acceptors (Lipinski definition) is 3. The van der Waals surface area contributed by atoms with Crippen LogP contribution in [0.25, 0.3) is 10.9 Å². The standard InChI is InChI=1S/C24H28N2O3S/c1-2-26(19-11-5-3-6-12-19)24(27)18-25-17-23(21-15-9-10-16-22(21)25)30(28,29)20-13-7-4-8-14-20/h4,7-10,13-17,19H,2-3,5-6,11-12,18H2,1H3. The molecule has 5 nitrogen and oxygen atoms in total. The molecule has 0 bridgehead atoms. The second-order valence-electron chi connectivity index (χ2n) is 7.93. The van der Waals surface area contributed by atoms with E-state index in [1.165, 1.54) is 19.3 Å². The number of carbonyl (C=O) groups is 1. The first-order chi connectivity index (χ1) is 14.5. The third-order valence-electron chi connectivity index (χ3n) is 6.08. The molecule has 0 aliphatic heterocycles. The number of benzene rings is 2. The van der Waals surface area contributed by atoms with Gasteiger partial charge in [0.15, 0.2) is 0 Å². The van der Waals surface area contributed by atoms with E-state index in [0.29, 0.717) is 18.0 Å². The van der Waals surface area contributed by atoms with Crippen LogP contribution < -0.4 is 0 Å². The topological polar surface area (TPSA) is 59.4 Å². The van der Waals surface area contributed by atoms with Gasteiger partial charge in [-0.2, -0.15) is 0 Å². The maximum absolute atomic E-state index is 13.3. The van der Waals surface area contributed by atoms with Gasteiger partial charge in [0.2, 0.25) is 15.7 Å². The van der Waals surface area contributed by atoms with Gasteiger partial charge in [0.25, 0.3) is 0 Å². The molecule has 0 radical (unpaired) electrons. The minimum atomic E-state index is -3.67. The van der Waals surface area contributed by atoms with Crippen molar-refractivity contribution in [3.05, 3.63) is 60.8 Å². The SMILES string of the molecule is CCN(C(=O)Cn1cc(S(=O)(=O)c2ccccc2)c2ccccc21)C1CCCCC1. The summed E-state index contributed by atoms with van der Waals surface area (Å²) in [7, 11) is -3.67. The molecule has 1 aromatic heterocycles. The van der Waals surface area contributed by atoms with Gasteiger partial charge in [-0.25, -0.2) is 8.42 Å². The summed E-state index contributed by atoms with van der Waals surface area (Å²) < 4.78 is 28.3. The summed E-state index contributed by atoms with van der Waals surface area (Å²) in [6, 6.07) is 16.1. The number of likely N-dealkylation sites (N-methyl/N-ethyl adjacent to an activating group) is 1. The highest BCUT2D eigenvalue weighted by Gasteiger charge is 2.27. The third kappa shape index (κ3) is 3.88. The van der Waals surface area contributed by atoms with Crippen LogP contribution in [0.5, 0.6) is 0 Å². The fourth-order valence-corrected chi connectivity index (χ4v) is 6.05. The molecule has 1 heterocycles. The van der Waals surface area contributed by atoms with Crippen LogP contribution in [0.15, 0.2) is 70.6 Å². The lowest BCUT2D eigenvalue weighted by molar-refractivity contribution is -0.134. The number of nitrogens with zero attached hydrogens (tertiary/aromatic N) is 2. The van der Waals surface area contributed by atoms with Gasteiger partial charge in [-0.05, 0) is 38.0 Å². The molecule has 30 heavy (non-hydrogen) atoms. The number of rotatable bonds is 6. The van der Waals surface area contributed by atoms with Crippen LogP contribution in [0.3, 0.4) is 0 Å². The summed E-state index contributed by atoms with van der Waals surface area (Å²) in [4.78, 5) is 15.7. The Kier molecular flexibility index (Phi) is 5.95. The Morgan fingerprint density at radius 3 is 2.37 bits per heavy atom. The number of sulfone groups is 1. The summed E-state index contributed by atoms with van der Waals surface area (Å²) in [6.45, 7) is 2.85. The Hall–Kier alpha value is -2.60. The van der Waals surface area contributed by atoms with E-state index >= 15 is 0 Å². The summed E-state index contributed by atoms with van der Waals surface area (Å²) in [5, 5.41) is 0.648. The van der Waals surface area contributed by atoms with Crippen molar-refractivity contribution in [3.63, 3.8) is 0 Å². The fraction of sp³-hybridized carbons (Fsp3) is 0.375. The fourth-order valence-electron chi connectivity index (χ4n) is 4.55. The minimum absolute atomic E-state index is 0.0498. The number of fused-ring (bicyclic) bond motifs is 1. The third-order valence-corrected chi connectivity index (χ3v) is 7.87. The molecular weight excluding hydrogens is 396 g/mol. The lowest BCUT2D eigenvalue weighted by Gasteiger charge is -2.33. The van der Waals surface area contributed by atoms with Crippen molar-refractivity contribution in [1.29, 1.82) is 0 Å². The summed E-state index contributed by atoms with van der Waals surface area (Å²) in [5.41, 5.74) is 0.764. The molecule has 3 aromatic rings. The van der Waals surface area contributed by atoms with Crippen LogP contribution in [0, 0.1) is 0 Å². The van der Waals surface area contributed by atoms with Gasteiger partial charge in [-0.15, -0.1) is 0 Å². The molecule has 1 aliphatic carbocycles. The number of para-hydroxylation sites is 1. The Labute approximate surface area is 178 Å². The molecule has 1 aliphatic rings. The van der Waals surface area contributed by atoms with E-state index in [1.807, 2.05) is 36.1 Å². The molecule has 0 N–H and O–H groups in total. The lowest BCUT2D eigenvalue weighted by atomic mass is 9.94. The van der Waals surface area contributed by atoms with Gasteiger partial charge >= 0.3 is 0 Å². The number of amides is 1. The number of aromatic nitrogens is 1. The molecule has 2 aromatic carbocycles. The molecule has 6 heteroatoms. The van der Waals surface area contributed by atoms with Gasteiger partial charge in [0, 0.05) is 29.7 Å². The highest BCUT2D eigenvalue weighted by Crippen LogP contribution is 2.30. The highest BCUT2D eigenvalue weighted by atomic mass is 32.2. The van der Waals surface area contributed by atoms with Crippen molar-refractivity contribution >= 4 is 26.6 Å². The molecule has 1 fully saturated rings. The molecule has 0 saturated heterocycles. The van der Waals surface area contributed by atoms with Gasteiger partial charge < -0.3 is 9.47 Å². The van der Waals surface area contributed by atoms with Crippen LogP contribution in [0.4, 0.5) is 0 Å². The monoisotopic (exact) mass is 424 g/mol. The molecule has 1 saturated carbocycles. The highest BCUT2D eigenvalue weighted by molar-refractivity contribution is 7.91. The van der Waals surface area contributed by atoms with E-state index in [4.69, 9.17) is 0 Å². The van der Waals surface area contributed by atoms with Crippen molar-refractivity contribution in [3.8, 4) is 0 Å². The Balaban J connectivity index is 1.70. The van der Waals surface area contributed by atoms with Gasteiger partial charge in [-0.3, -0.25) is 4.79 Å². The number of hydrogen-bond donors (Lipinski definition) is 0. The van der Waals surface area contributed by atoms with Crippen LogP contribution in [0.2, 0.25) is 0 Å². The van der Waals surface area contributed by atoms with Crippen molar-refractivity contribution < 1.29 is 13.2 Å². The van der Waals surface area contributed by atoms with Crippen LogP contribution in [0.1, 0.15) is 39.0 Å². The van der Waals surface area contributed by atoms with Crippen LogP contribution in [-0.4, -0.2) is 36.4 Å². The molecular formula is C24H28N2O3S. The molecule has 0 unspecified atom stereocenters. The molecule has 0 spiro atoms. The average molecular weight is 425 g/mol. The van der Waals surface area contributed by atoms with Crippen molar-refractivity contribution in [2.45, 2.75) is 61.4 Å². The predicted molar refractivity (Wildman–Crippen MR) is 118 cm³/mol. The lowest BCUT2D eigenvalue weighted by Crippen LogP contribution is -2.42. The van der Waals surface area contributed by atoms with E-state index in [9.17, 15) is 13.2 Å². The number of carbonyl (C=O) groups excluding carboxylic acids is 1. The predicted octanol–water partition coefficient (Wildman–Crippen LogP) is 4.66. The minimum Gasteiger partial charge on any atom is -0.338 e. The summed E-state index contributed by atoms with van der Waals surface area (Å²) in [6.07, 6.45) is 7.31. The van der Waals surface area contributed by atoms with Crippen LogP contribution >= 0.6 is 0 Å². The van der Waals surface area contributed by atoms with E-state index in [0.717, 1.165) is 18.4 Å². The van der Waals surface area contributed by atoms with E-state index in [1.54, 1.807) is 41.1 Å². The van der Waals surface area contributed by atoms with E-state index in [-0.39, 0.29) is 22.2 Å². The summed E-state index contributed by atoms with van der Waals surface area (Å²) in [5.74, 6) is 0.0498. The molecule has 4 rings (SSSR count). The van der Waals surface area contributed by atoms with Crippen LogP contribution in [-0.2, 0) is 21.2 Å². The smallest absolute Gasteiger partial charge is 0.242 e. The summed E-state index contributed by atoms with van der Waals surface area (Å²) >= 11 is 0. The molecule has 158 valence electrons. The average Bonchev–Trinajstić information content (AvgIpc) is 3.15. The first-order valence-electron chi connectivity index (χ1n) is 10.7. The largest absolute Gasteiger partial charge is 0.338 e. The van der Waals surface area contributed by atoms with Gasteiger partial charge in [0.1, 0.15) is 6.54 Å². The van der Waals surface area contributed by atoms with Crippen molar-refractivity contribution in [2.24, 2.45) is 0 Å². The molecule has 0 atom stereocenters. The molecule has 1 amide bonds. The van der Waals surface area contributed by atoms with E-state index in [2.05, 4.69) is 0 Å². The zero-order valence-electron chi connectivity index (χ0n) is 17.3. The maximum Gasteiger partial charge on any atom is 0.242 e. The zero-order valence-corrected chi connectivity index (χ0v) is 18.1. The van der Waals surface area contributed by atoms with Gasteiger partial charge in [-0.1, -0.05) is 55.7 Å². The first-order valence-corrected chi connectivity index (χ1v) is 12.2. The second kappa shape index (κ2) is 8.64. The Bertz CT molecular complexity index is 1130. The van der Waals surface area contributed by atoms with Crippen molar-refractivity contribution in [1.82, 2.24) is 9.47 Å². The Morgan fingerprint density at radius 2 is 1.67 bits per heavy atom. The zero-order chi connectivity index (χ0) is 21.1. The van der Waals surface area contributed by atoms with E-state index < -0.39 is 9.84 Å². The Morgan fingerprint density at radius 1 is 1.00 bits per heavy atom. The quantitative estimate of drug-likeness (QED) is 0.578. The first kappa shape index (κ1) is 20.7. The van der Waals surface area contributed by atoms with Gasteiger partial charge in [0.05, 0.1) is 9.79 Å². The normalized spacial score (nSPS) is 15.4. The second-order valence-corrected chi connectivity index (χ2v) is 9.84. The maximum atomic E-state index is 13.3. The van der Waals surface area contributed by atoms with Crippen molar-refractivity contribution in [2.75, 3.05) is 6.54 Å².